The molecule has 3 aromatic rings. The van der Waals surface area contributed by atoms with Gasteiger partial charge in [-0.2, -0.15) is 5.10 Å². The van der Waals surface area contributed by atoms with E-state index < -0.39 is 10.8 Å². The van der Waals surface area contributed by atoms with E-state index in [1.54, 1.807) is 25.3 Å². The van der Waals surface area contributed by atoms with Crippen molar-refractivity contribution in [3.05, 3.63) is 67.0 Å². The number of nitrogens with one attached hydrogen (secondary N) is 1. The first-order valence-corrected chi connectivity index (χ1v) is 9.01. The van der Waals surface area contributed by atoms with Gasteiger partial charge in [0.1, 0.15) is 10.6 Å². The van der Waals surface area contributed by atoms with Crippen LogP contribution in [0.5, 0.6) is 5.75 Å². The fraction of sp³-hybridized carbons (Fsp3) is 0.0588. The van der Waals surface area contributed by atoms with Gasteiger partial charge in [0.25, 0.3) is 11.6 Å². The molecule has 0 saturated carbocycles. The second kappa shape index (κ2) is 7.91. The van der Waals surface area contributed by atoms with Crippen molar-refractivity contribution in [3.8, 4) is 5.75 Å². The van der Waals surface area contributed by atoms with Crippen molar-refractivity contribution in [1.29, 1.82) is 0 Å². The average molecular weight is 424 g/mol. The van der Waals surface area contributed by atoms with Gasteiger partial charge in [0.15, 0.2) is 0 Å². The molecule has 0 bridgehead atoms. The molecule has 1 N–H and O–H groups in total. The van der Waals surface area contributed by atoms with Gasteiger partial charge in [-0.15, -0.1) is 11.3 Å². The van der Waals surface area contributed by atoms with Crippen molar-refractivity contribution >= 4 is 62.4 Å². The molecule has 2 aromatic carbocycles. The van der Waals surface area contributed by atoms with Gasteiger partial charge in [-0.25, -0.2) is 5.43 Å². The Morgan fingerprint density at radius 1 is 1.30 bits per heavy atom. The monoisotopic (exact) mass is 423 g/mol. The van der Waals surface area contributed by atoms with E-state index >= 15 is 0 Å². The van der Waals surface area contributed by atoms with Crippen LogP contribution in [-0.4, -0.2) is 24.2 Å². The maximum atomic E-state index is 12.4. The van der Waals surface area contributed by atoms with Gasteiger partial charge < -0.3 is 4.74 Å². The largest absolute Gasteiger partial charge is 0.497 e. The maximum Gasteiger partial charge on any atom is 0.283 e. The first kappa shape index (κ1) is 19.1. The van der Waals surface area contributed by atoms with Crippen LogP contribution >= 0.6 is 34.5 Å². The van der Waals surface area contributed by atoms with E-state index in [0.29, 0.717) is 21.2 Å². The standard InChI is InChI=1S/C17H11Cl2N3O4S/c1-26-11-3-4-12-14(7-11)27-16(15(12)19)17(23)21-20-8-9-6-10(22(24)25)2-5-13(9)18/h2-8H,1H3,(H,21,23)/b20-8-. The van der Waals surface area contributed by atoms with E-state index in [4.69, 9.17) is 27.9 Å². The molecule has 138 valence electrons. The summed E-state index contributed by atoms with van der Waals surface area (Å²) in [4.78, 5) is 22.9. The molecule has 1 heterocycles. The lowest BCUT2D eigenvalue weighted by molar-refractivity contribution is -0.384. The lowest BCUT2D eigenvalue weighted by atomic mass is 10.2. The van der Waals surface area contributed by atoms with Gasteiger partial charge in [-0.05, 0) is 24.3 Å². The molecule has 1 amide bonds. The van der Waals surface area contributed by atoms with Crippen LogP contribution in [-0.2, 0) is 0 Å². The van der Waals surface area contributed by atoms with Crippen molar-refractivity contribution in [1.82, 2.24) is 5.43 Å². The summed E-state index contributed by atoms with van der Waals surface area (Å²) < 4.78 is 5.96. The SMILES string of the molecule is COc1ccc2c(Cl)c(C(=O)N/N=C\c3cc([N+](=O)[O-])ccc3Cl)sc2c1. The van der Waals surface area contributed by atoms with Crippen molar-refractivity contribution < 1.29 is 14.5 Å². The number of halogens is 2. The van der Waals surface area contributed by atoms with Gasteiger partial charge in [0, 0.05) is 32.8 Å². The lowest BCUT2D eigenvalue weighted by Gasteiger charge is -1.99. The Balaban J connectivity index is 1.81. The molecule has 1 aromatic heterocycles. The van der Waals surface area contributed by atoms with Gasteiger partial charge >= 0.3 is 0 Å². The molecule has 0 aliphatic carbocycles. The zero-order valence-corrected chi connectivity index (χ0v) is 16.1. The highest BCUT2D eigenvalue weighted by molar-refractivity contribution is 7.21. The third-order valence-electron chi connectivity index (χ3n) is 3.60. The van der Waals surface area contributed by atoms with Crippen LogP contribution in [0.4, 0.5) is 5.69 Å². The summed E-state index contributed by atoms with van der Waals surface area (Å²) in [6.07, 6.45) is 1.23. The summed E-state index contributed by atoms with van der Waals surface area (Å²) in [6, 6.07) is 9.25. The van der Waals surface area contributed by atoms with Crippen molar-refractivity contribution in [2.45, 2.75) is 0 Å². The van der Waals surface area contributed by atoms with E-state index in [1.807, 2.05) is 0 Å². The molecule has 3 rings (SSSR count). The quantitative estimate of drug-likeness (QED) is 0.359. The molecule has 7 nitrogen and oxygen atoms in total. The van der Waals surface area contributed by atoms with Crippen molar-refractivity contribution in [2.24, 2.45) is 5.10 Å². The van der Waals surface area contributed by atoms with Crippen molar-refractivity contribution in [2.75, 3.05) is 7.11 Å². The van der Waals surface area contributed by atoms with Crippen LogP contribution in [0.2, 0.25) is 10.0 Å². The molecule has 0 radical (unpaired) electrons. The first-order valence-electron chi connectivity index (χ1n) is 7.44. The van der Waals surface area contributed by atoms with Crippen LogP contribution in [0.1, 0.15) is 15.2 Å². The Bertz CT molecular complexity index is 1080. The second-order valence-electron chi connectivity index (χ2n) is 5.27. The Morgan fingerprint density at radius 2 is 2.07 bits per heavy atom. The molecule has 10 heteroatoms. The summed E-state index contributed by atoms with van der Waals surface area (Å²) in [5.74, 6) is 0.156. The summed E-state index contributed by atoms with van der Waals surface area (Å²) in [5, 5.41) is 16.0. The molecule has 0 atom stereocenters. The fourth-order valence-corrected chi connectivity index (χ4v) is 3.88. The Labute approximate surface area is 167 Å². The third-order valence-corrected chi connectivity index (χ3v) is 5.60. The van der Waals surface area contributed by atoms with E-state index in [9.17, 15) is 14.9 Å². The number of nitro groups is 1. The summed E-state index contributed by atoms with van der Waals surface area (Å²) in [5.41, 5.74) is 2.52. The number of carbonyl (C=O) groups is 1. The third kappa shape index (κ3) is 4.02. The van der Waals surface area contributed by atoms with Gasteiger partial charge in [0.05, 0.1) is 23.3 Å². The molecule has 0 aliphatic heterocycles. The summed E-state index contributed by atoms with van der Waals surface area (Å²) in [6.45, 7) is 0. The Kier molecular flexibility index (Phi) is 5.59. The van der Waals surface area contributed by atoms with Gasteiger partial charge in [0.2, 0.25) is 0 Å². The number of carbonyl (C=O) groups excluding carboxylic acids is 1. The summed E-state index contributed by atoms with van der Waals surface area (Å²) in [7, 11) is 1.55. The molecule has 27 heavy (non-hydrogen) atoms. The van der Waals surface area contributed by atoms with E-state index in [-0.39, 0.29) is 10.7 Å². The zero-order chi connectivity index (χ0) is 19.6. The number of thiophene rings is 1. The van der Waals surface area contributed by atoms with Gasteiger partial charge in [-0.1, -0.05) is 23.2 Å². The van der Waals surface area contributed by atoms with Crippen LogP contribution in [0.25, 0.3) is 10.1 Å². The number of hydrazone groups is 1. The zero-order valence-electron chi connectivity index (χ0n) is 13.7. The highest BCUT2D eigenvalue weighted by atomic mass is 35.5. The number of rotatable bonds is 5. The molecular weight excluding hydrogens is 413 g/mol. The number of nitrogens with zero attached hydrogens (tertiary/aromatic N) is 2. The number of benzene rings is 2. The predicted octanol–water partition coefficient (Wildman–Crippen LogP) is 4.89. The van der Waals surface area contributed by atoms with E-state index in [2.05, 4.69) is 10.5 Å². The lowest BCUT2D eigenvalue weighted by Crippen LogP contribution is -2.16. The number of hydrogen-bond acceptors (Lipinski definition) is 6. The van der Waals surface area contributed by atoms with Crippen LogP contribution < -0.4 is 10.2 Å². The minimum absolute atomic E-state index is 0.131. The molecule has 0 aliphatic rings. The number of hydrogen-bond donors (Lipinski definition) is 1. The minimum atomic E-state index is -0.544. The Hall–Kier alpha value is -2.68. The van der Waals surface area contributed by atoms with Crippen LogP contribution in [0.15, 0.2) is 41.5 Å². The topological polar surface area (TPSA) is 93.8 Å². The second-order valence-corrected chi connectivity index (χ2v) is 7.11. The number of methoxy groups -OCH3 is 1. The Morgan fingerprint density at radius 3 is 2.78 bits per heavy atom. The molecule has 0 unspecified atom stereocenters. The van der Waals surface area contributed by atoms with Crippen LogP contribution in [0.3, 0.4) is 0 Å². The van der Waals surface area contributed by atoms with E-state index in [1.165, 1.54) is 35.8 Å². The molecule has 0 saturated heterocycles. The number of ether oxygens (including phenoxy) is 1. The van der Waals surface area contributed by atoms with Gasteiger partial charge in [-0.3, -0.25) is 14.9 Å². The normalized spacial score (nSPS) is 11.1. The highest BCUT2D eigenvalue weighted by Crippen LogP contribution is 2.37. The highest BCUT2D eigenvalue weighted by Gasteiger charge is 2.17. The molecule has 0 fully saturated rings. The van der Waals surface area contributed by atoms with E-state index in [0.717, 1.165) is 10.1 Å². The van der Waals surface area contributed by atoms with Crippen LogP contribution in [0, 0.1) is 10.1 Å². The molecular formula is C17H11Cl2N3O4S. The minimum Gasteiger partial charge on any atom is -0.497 e. The number of fused-ring (bicyclic) bond motifs is 1. The summed E-state index contributed by atoms with van der Waals surface area (Å²) >= 11 is 13.5. The average Bonchev–Trinajstić information content (AvgIpc) is 2.99. The number of amides is 1. The van der Waals surface area contributed by atoms with Crippen molar-refractivity contribution in [3.63, 3.8) is 0 Å². The maximum absolute atomic E-state index is 12.4. The smallest absolute Gasteiger partial charge is 0.283 e. The first-order chi connectivity index (χ1) is 12.9. The predicted molar refractivity (Wildman–Crippen MR) is 107 cm³/mol. The number of non-ortho nitro benzene ring substituents is 1. The number of nitro benzene ring substituents is 1. The fourth-order valence-electron chi connectivity index (χ4n) is 2.27. The molecule has 0 spiro atoms.